The van der Waals surface area contributed by atoms with Crippen molar-refractivity contribution in [1.29, 1.82) is 0 Å². The van der Waals surface area contributed by atoms with E-state index < -0.39 is 12.2 Å². The Kier molecular flexibility index (Phi) is 5.89. The van der Waals surface area contributed by atoms with Crippen LogP contribution in [-0.4, -0.2) is 28.4 Å². The van der Waals surface area contributed by atoms with E-state index in [4.69, 9.17) is 4.74 Å². The first-order valence-electron chi connectivity index (χ1n) is 12.4. The van der Waals surface area contributed by atoms with Gasteiger partial charge in [0.1, 0.15) is 5.76 Å². The SMILES string of the molecule is CC(C)CCC[C@@H](C)[C@H]1CC[C@H]2C3=C(CC[C@]12C)[C@@]1(C)C[C@H](O)[C@H](O)C[C@@H]1C(=O)O3. The number of ether oxygens (including phenoxy) is 1. The van der Waals surface area contributed by atoms with Gasteiger partial charge in [0.2, 0.25) is 0 Å². The molecule has 30 heavy (non-hydrogen) atoms. The minimum Gasteiger partial charge on any atom is -0.431 e. The minimum atomic E-state index is -0.825. The summed E-state index contributed by atoms with van der Waals surface area (Å²) in [6.07, 6.45) is 7.53. The topological polar surface area (TPSA) is 66.8 Å². The first-order valence-corrected chi connectivity index (χ1v) is 12.4. The summed E-state index contributed by atoms with van der Waals surface area (Å²) < 4.78 is 6.08. The summed E-state index contributed by atoms with van der Waals surface area (Å²) in [4.78, 5) is 13.0. The third-order valence-corrected chi connectivity index (χ3v) is 9.57. The van der Waals surface area contributed by atoms with Gasteiger partial charge in [-0.3, -0.25) is 4.79 Å². The van der Waals surface area contributed by atoms with E-state index in [2.05, 4.69) is 34.6 Å². The molecule has 0 spiro atoms. The molecule has 0 saturated heterocycles. The third-order valence-electron chi connectivity index (χ3n) is 9.57. The molecule has 3 aliphatic carbocycles. The molecule has 0 radical (unpaired) electrons. The van der Waals surface area contributed by atoms with Gasteiger partial charge >= 0.3 is 5.97 Å². The highest BCUT2D eigenvalue weighted by Gasteiger charge is 2.60. The molecular formula is C26H42O4. The van der Waals surface area contributed by atoms with Crippen LogP contribution in [0.5, 0.6) is 0 Å². The molecule has 8 atom stereocenters. The molecule has 0 bridgehead atoms. The Morgan fingerprint density at radius 2 is 1.80 bits per heavy atom. The summed E-state index contributed by atoms with van der Waals surface area (Å²) in [5, 5.41) is 20.6. The Morgan fingerprint density at radius 3 is 2.50 bits per heavy atom. The van der Waals surface area contributed by atoms with Crippen molar-refractivity contribution in [3.63, 3.8) is 0 Å². The van der Waals surface area contributed by atoms with Gasteiger partial charge in [0.15, 0.2) is 0 Å². The van der Waals surface area contributed by atoms with Gasteiger partial charge in [0, 0.05) is 11.3 Å². The Bertz CT molecular complexity index is 712. The maximum Gasteiger partial charge on any atom is 0.315 e. The molecular weight excluding hydrogens is 376 g/mol. The normalized spacial score (nSPS) is 44.4. The van der Waals surface area contributed by atoms with Crippen LogP contribution in [0, 0.1) is 40.4 Å². The van der Waals surface area contributed by atoms with Gasteiger partial charge in [-0.05, 0) is 67.3 Å². The van der Waals surface area contributed by atoms with E-state index in [9.17, 15) is 15.0 Å². The molecule has 1 heterocycles. The van der Waals surface area contributed by atoms with E-state index in [1.54, 1.807) is 0 Å². The molecule has 0 aromatic heterocycles. The Morgan fingerprint density at radius 1 is 1.07 bits per heavy atom. The lowest BCUT2D eigenvalue weighted by Crippen LogP contribution is -2.53. The molecule has 0 amide bonds. The molecule has 4 nitrogen and oxygen atoms in total. The smallest absolute Gasteiger partial charge is 0.315 e. The lowest BCUT2D eigenvalue weighted by molar-refractivity contribution is -0.165. The highest BCUT2D eigenvalue weighted by atomic mass is 16.5. The van der Waals surface area contributed by atoms with Crippen LogP contribution in [0.3, 0.4) is 0 Å². The Hall–Kier alpha value is -0.870. The lowest BCUT2D eigenvalue weighted by atomic mass is 9.54. The van der Waals surface area contributed by atoms with Gasteiger partial charge in [-0.25, -0.2) is 0 Å². The Labute approximate surface area is 182 Å². The maximum atomic E-state index is 13.0. The van der Waals surface area contributed by atoms with Crippen molar-refractivity contribution in [2.75, 3.05) is 0 Å². The van der Waals surface area contributed by atoms with Gasteiger partial charge in [-0.2, -0.15) is 0 Å². The zero-order chi connectivity index (χ0) is 21.8. The second kappa shape index (κ2) is 7.92. The maximum absolute atomic E-state index is 13.0. The molecule has 0 aromatic rings. The van der Waals surface area contributed by atoms with Gasteiger partial charge in [-0.15, -0.1) is 0 Å². The number of carbonyl (C=O) groups is 1. The fourth-order valence-electron chi connectivity index (χ4n) is 7.71. The first kappa shape index (κ1) is 22.3. The summed E-state index contributed by atoms with van der Waals surface area (Å²) in [5.41, 5.74) is 1.10. The summed E-state index contributed by atoms with van der Waals surface area (Å²) in [5.74, 6) is 2.93. The molecule has 0 aromatic carbocycles. The lowest BCUT2D eigenvalue weighted by Gasteiger charge is -2.53. The van der Waals surface area contributed by atoms with Crippen LogP contribution in [0.15, 0.2) is 11.3 Å². The molecule has 4 heteroatoms. The predicted octanol–water partition coefficient (Wildman–Crippen LogP) is 5.22. The molecule has 2 fully saturated rings. The number of rotatable bonds is 5. The van der Waals surface area contributed by atoms with Gasteiger partial charge < -0.3 is 14.9 Å². The molecule has 2 N–H and O–H groups in total. The predicted molar refractivity (Wildman–Crippen MR) is 117 cm³/mol. The first-order chi connectivity index (χ1) is 14.1. The fourth-order valence-corrected chi connectivity index (χ4v) is 7.71. The van der Waals surface area contributed by atoms with E-state index in [1.165, 1.54) is 31.3 Å². The number of carbonyl (C=O) groups excluding carboxylic acids is 1. The highest BCUT2D eigenvalue weighted by molar-refractivity contribution is 5.77. The van der Waals surface area contributed by atoms with Gasteiger partial charge in [0.25, 0.3) is 0 Å². The molecule has 4 rings (SSSR count). The minimum absolute atomic E-state index is 0.181. The van der Waals surface area contributed by atoms with E-state index in [1.807, 2.05) is 0 Å². The van der Waals surface area contributed by atoms with Crippen LogP contribution < -0.4 is 0 Å². The summed E-state index contributed by atoms with van der Waals surface area (Å²) in [6, 6.07) is 0. The summed E-state index contributed by atoms with van der Waals surface area (Å²) >= 11 is 0. The van der Waals surface area contributed by atoms with Gasteiger partial charge in [0.05, 0.1) is 18.1 Å². The second-order valence-electron chi connectivity index (χ2n) is 11.9. The van der Waals surface area contributed by atoms with Crippen molar-refractivity contribution in [3.05, 3.63) is 11.3 Å². The monoisotopic (exact) mass is 418 g/mol. The number of hydrogen-bond donors (Lipinski definition) is 2. The number of allylic oxidation sites excluding steroid dienone is 2. The third kappa shape index (κ3) is 3.46. The fraction of sp³-hybridized carbons (Fsp3) is 0.885. The average Bonchev–Trinajstić information content (AvgIpc) is 3.01. The van der Waals surface area contributed by atoms with E-state index >= 15 is 0 Å². The van der Waals surface area contributed by atoms with Crippen LogP contribution in [0.2, 0.25) is 0 Å². The Balaban J connectivity index is 1.58. The number of aliphatic hydroxyl groups excluding tert-OH is 2. The zero-order valence-corrected chi connectivity index (χ0v) is 19.6. The average molecular weight is 419 g/mol. The van der Waals surface area contributed by atoms with Crippen molar-refractivity contribution in [2.45, 2.75) is 105 Å². The van der Waals surface area contributed by atoms with E-state index in [-0.39, 0.29) is 22.7 Å². The van der Waals surface area contributed by atoms with Crippen LogP contribution in [0.1, 0.15) is 92.4 Å². The molecule has 0 unspecified atom stereocenters. The highest BCUT2D eigenvalue weighted by Crippen LogP contribution is 2.64. The van der Waals surface area contributed by atoms with Gasteiger partial charge in [-0.1, -0.05) is 53.9 Å². The second-order valence-corrected chi connectivity index (χ2v) is 11.9. The number of esters is 1. The van der Waals surface area contributed by atoms with Crippen molar-refractivity contribution in [2.24, 2.45) is 40.4 Å². The number of hydrogen-bond acceptors (Lipinski definition) is 4. The zero-order valence-electron chi connectivity index (χ0n) is 19.6. The quantitative estimate of drug-likeness (QED) is 0.600. The van der Waals surface area contributed by atoms with Crippen molar-refractivity contribution < 1.29 is 19.7 Å². The van der Waals surface area contributed by atoms with Crippen LogP contribution in [0.25, 0.3) is 0 Å². The summed E-state index contributed by atoms with van der Waals surface area (Å²) in [7, 11) is 0. The van der Waals surface area contributed by atoms with E-state index in [0.29, 0.717) is 30.6 Å². The molecule has 4 aliphatic rings. The van der Waals surface area contributed by atoms with Crippen LogP contribution in [0.4, 0.5) is 0 Å². The largest absolute Gasteiger partial charge is 0.431 e. The number of fused-ring (bicyclic) bond motifs is 4. The van der Waals surface area contributed by atoms with Crippen molar-refractivity contribution in [1.82, 2.24) is 0 Å². The standard InChI is InChI=1S/C26H42O4/c1-15(2)7-6-8-16(3)17-9-10-18-23-19(11-12-25(17,18)4)26(5)14-22(28)21(27)13-20(26)24(29)30-23/h15-18,20-22,27-28H,6-14H2,1-5H3/t16-,17-,18+,20-,21-,22+,25-,26-/m1/s1. The molecule has 1 aliphatic heterocycles. The van der Waals surface area contributed by atoms with Crippen molar-refractivity contribution >= 4 is 5.97 Å². The van der Waals surface area contributed by atoms with Crippen LogP contribution in [-0.2, 0) is 9.53 Å². The molecule has 170 valence electrons. The van der Waals surface area contributed by atoms with E-state index in [0.717, 1.165) is 30.9 Å². The van der Waals surface area contributed by atoms with Crippen LogP contribution >= 0.6 is 0 Å². The number of aliphatic hydroxyl groups is 2. The van der Waals surface area contributed by atoms with Crippen molar-refractivity contribution in [3.8, 4) is 0 Å². The molecule has 2 saturated carbocycles. The summed E-state index contributed by atoms with van der Waals surface area (Å²) in [6.45, 7) is 11.6.